The molecule has 0 N–H and O–H groups in total. The molecule has 2 aromatic carbocycles. The van der Waals surface area contributed by atoms with Gasteiger partial charge in [0.25, 0.3) is 11.8 Å². The first-order valence-electron chi connectivity index (χ1n) is 8.66. The van der Waals surface area contributed by atoms with Gasteiger partial charge in [0.2, 0.25) is 0 Å². The Balaban J connectivity index is 2.03. The molecule has 0 saturated heterocycles. The minimum absolute atomic E-state index is 0.163. The van der Waals surface area contributed by atoms with Crippen LogP contribution in [-0.2, 0) is 9.59 Å². The molecule has 0 radical (unpaired) electrons. The zero-order chi connectivity index (χ0) is 19.7. The van der Waals surface area contributed by atoms with Crippen LogP contribution in [0.5, 0.6) is 0 Å². The first-order valence-corrected chi connectivity index (χ1v) is 8.66. The van der Waals surface area contributed by atoms with Crippen molar-refractivity contribution in [3.63, 3.8) is 0 Å². The van der Waals surface area contributed by atoms with Gasteiger partial charge in [0, 0.05) is 0 Å². The lowest BCUT2D eigenvalue weighted by molar-refractivity contribution is -0.123. The standard InChI is InChI=1S/C22H14N4O2/c23-11-13-25-19(15-7-3-1-4-8-15)17-18(22(25)28)20(16-9-5-2-6-10-16)26(14-12-24)21(17)27/h1-10H,13-14H2. The van der Waals surface area contributed by atoms with Crippen LogP contribution in [-0.4, -0.2) is 34.7 Å². The van der Waals surface area contributed by atoms with Gasteiger partial charge >= 0.3 is 0 Å². The Bertz CT molecular complexity index is 1030. The van der Waals surface area contributed by atoms with Gasteiger partial charge in [-0.2, -0.15) is 10.5 Å². The second-order valence-electron chi connectivity index (χ2n) is 6.28. The highest BCUT2D eigenvalue weighted by molar-refractivity contribution is 6.30. The zero-order valence-electron chi connectivity index (χ0n) is 14.8. The fourth-order valence-electron chi connectivity index (χ4n) is 3.63. The summed E-state index contributed by atoms with van der Waals surface area (Å²) >= 11 is 0. The van der Waals surface area contributed by atoms with Crippen molar-refractivity contribution < 1.29 is 9.59 Å². The van der Waals surface area contributed by atoms with Crippen molar-refractivity contribution in [3.8, 4) is 12.1 Å². The van der Waals surface area contributed by atoms with E-state index in [4.69, 9.17) is 0 Å². The molecule has 0 spiro atoms. The fraction of sp³-hybridized carbons (Fsp3) is 0.0909. The van der Waals surface area contributed by atoms with Gasteiger partial charge in [-0.3, -0.25) is 19.4 Å². The summed E-state index contributed by atoms with van der Waals surface area (Å²) in [5, 5.41) is 18.5. The maximum absolute atomic E-state index is 13.3. The van der Waals surface area contributed by atoms with Crippen LogP contribution >= 0.6 is 0 Å². The summed E-state index contributed by atoms with van der Waals surface area (Å²) in [6.07, 6.45) is 0. The van der Waals surface area contributed by atoms with Crippen LogP contribution in [0, 0.1) is 22.7 Å². The van der Waals surface area contributed by atoms with E-state index in [1.165, 1.54) is 9.80 Å². The lowest BCUT2D eigenvalue weighted by Crippen LogP contribution is -2.30. The summed E-state index contributed by atoms with van der Waals surface area (Å²) in [5.74, 6) is -0.800. The normalized spacial score (nSPS) is 15.8. The molecule has 0 aliphatic carbocycles. The SMILES string of the molecule is N#CCN1C(=O)C2=C(c3ccccc3)N(CC#N)C(=O)C2=C1c1ccccc1. The predicted molar refractivity (Wildman–Crippen MR) is 101 cm³/mol. The Hall–Kier alpha value is -4.16. The largest absolute Gasteiger partial charge is 0.293 e. The Morgan fingerprint density at radius 1 is 0.643 bits per heavy atom. The maximum atomic E-state index is 13.3. The second kappa shape index (κ2) is 6.86. The van der Waals surface area contributed by atoms with Crippen molar-refractivity contribution in [2.45, 2.75) is 0 Å². The molecule has 6 nitrogen and oxygen atoms in total. The molecule has 0 atom stereocenters. The van der Waals surface area contributed by atoms with Crippen molar-refractivity contribution in [2.75, 3.05) is 13.1 Å². The van der Waals surface area contributed by atoms with Crippen LogP contribution in [0.15, 0.2) is 71.8 Å². The summed E-state index contributed by atoms with van der Waals surface area (Å²) in [7, 11) is 0. The average Bonchev–Trinajstić information content (AvgIpc) is 3.17. The summed E-state index contributed by atoms with van der Waals surface area (Å²) in [4.78, 5) is 29.2. The molecule has 28 heavy (non-hydrogen) atoms. The highest BCUT2D eigenvalue weighted by Crippen LogP contribution is 2.46. The third-order valence-corrected chi connectivity index (χ3v) is 4.73. The molecule has 0 saturated carbocycles. The Morgan fingerprint density at radius 2 is 1.00 bits per heavy atom. The number of nitrogens with zero attached hydrogens (tertiary/aromatic N) is 4. The summed E-state index contributed by atoms with van der Waals surface area (Å²) in [5.41, 5.74) is 2.69. The molecule has 0 fully saturated rings. The number of amides is 2. The predicted octanol–water partition coefficient (Wildman–Crippen LogP) is 2.54. The van der Waals surface area contributed by atoms with Crippen molar-refractivity contribution in [1.29, 1.82) is 10.5 Å². The van der Waals surface area contributed by atoms with Crippen LogP contribution in [0.25, 0.3) is 11.4 Å². The monoisotopic (exact) mass is 366 g/mol. The van der Waals surface area contributed by atoms with Crippen LogP contribution < -0.4 is 0 Å². The van der Waals surface area contributed by atoms with Gasteiger partial charge in [0.15, 0.2) is 0 Å². The number of hydrogen-bond acceptors (Lipinski definition) is 4. The number of hydrogen-bond donors (Lipinski definition) is 0. The van der Waals surface area contributed by atoms with Gasteiger partial charge in [-0.15, -0.1) is 0 Å². The summed E-state index contributed by atoms with van der Waals surface area (Å²) in [6.45, 7) is -0.326. The number of carbonyl (C=O) groups is 2. The molecule has 2 aliphatic heterocycles. The van der Waals surface area contributed by atoms with Crippen molar-refractivity contribution in [1.82, 2.24) is 9.80 Å². The van der Waals surface area contributed by atoms with Crippen molar-refractivity contribution in [2.24, 2.45) is 0 Å². The highest BCUT2D eigenvalue weighted by atomic mass is 16.2. The van der Waals surface area contributed by atoms with E-state index < -0.39 is 11.8 Å². The maximum Gasteiger partial charge on any atom is 0.262 e. The molecule has 0 aromatic heterocycles. The molecular weight excluding hydrogens is 352 g/mol. The third-order valence-electron chi connectivity index (χ3n) is 4.73. The van der Waals surface area contributed by atoms with E-state index in [1.54, 1.807) is 24.3 Å². The topological polar surface area (TPSA) is 88.2 Å². The summed E-state index contributed by atoms with van der Waals surface area (Å²) in [6, 6.07) is 22.1. The van der Waals surface area contributed by atoms with E-state index in [0.29, 0.717) is 22.5 Å². The summed E-state index contributed by atoms with van der Waals surface area (Å²) < 4.78 is 0. The number of nitriles is 2. The molecule has 2 amide bonds. The smallest absolute Gasteiger partial charge is 0.262 e. The molecule has 0 unspecified atom stereocenters. The lowest BCUT2D eigenvalue weighted by Gasteiger charge is -2.22. The van der Waals surface area contributed by atoms with Crippen LogP contribution in [0.3, 0.4) is 0 Å². The molecule has 2 heterocycles. The number of carbonyl (C=O) groups excluding carboxylic acids is 2. The quantitative estimate of drug-likeness (QED) is 0.778. The molecular formula is C22H14N4O2. The Kier molecular flexibility index (Phi) is 4.23. The van der Waals surface area contributed by atoms with E-state index in [1.807, 2.05) is 48.5 Å². The zero-order valence-corrected chi connectivity index (χ0v) is 14.8. The van der Waals surface area contributed by atoms with Gasteiger partial charge in [0.05, 0.1) is 34.7 Å². The van der Waals surface area contributed by atoms with Gasteiger partial charge in [-0.1, -0.05) is 60.7 Å². The molecule has 0 bridgehead atoms. The van der Waals surface area contributed by atoms with Crippen LogP contribution in [0.1, 0.15) is 11.1 Å². The second-order valence-corrected chi connectivity index (χ2v) is 6.28. The Morgan fingerprint density at radius 3 is 1.32 bits per heavy atom. The molecule has 4 rings (SSSR count). The van der Waals surface area contributed by atoms with E-state index in [2.05, 4.69) is 0 Å². The van der Waals surface area contributed by atoms with Crippen LogP contribution in [0.2, 0.25) is 0 Å². The Labute approximate surface area is 161 Å². The highest BCUT2D eigenvalue weighted by Gasteiger charge is 2.48. The third kappa shape index (κ3) is 2.48. The van der Waals surface area contributed by atoms with E-state index in [-0.39, 0.29) is 24.2 Å². The minimum Gasteiger partial charge on any atom is -0.293 e. The number of benzene rings is 2. The van der Waals surface area contributed by atoms with Gasteiger partial charge in [-0.05, 0) is 11.1 Å². The van der Waals surface area contributed by atoms with E-state index in [9.17, 15) is 20.1 Å². The molecule has 2 aliphatic rings. The molecule has 134 valence electrons. The van der Waals surface area contributed by atoms with Gasteiger partial charge < -0.3 is 0 Å². The molecule has 2 aromatic rings. The minimum atomic E-state index is -0.400. The number of rotatable bonds is 4. The van der Waals surface area contributed by atoms with E-state index >= 15 is 0 Å². The van der Waals surface area contributed by atoms with Crippen molar-refractivity contribution >= 4 is 23.2 Å². The van der Waals surface area contributed by atoms with Crippen molar-refractivity contribution in [3.05, 3.63) is 82.9 Å². The lowest BCUT2D eigenvalue weighted by atomic mass is 10.0. The average molecular weight is 366 g/mol. The van der Waals surface area contributed by atoms with E-state index in [0.717, 1.165) is 0 Å². The van der Waals surface area contributed by atoms with Gasteiger partial charge in [-0.25, -0.2) is 0 Å². The fourth-order valence-corrected chi connectivity index (χ4v) is 3.63. The number of fused-ring (bicyclic) bond motifs is 1. The molecule has 6 heteroatoms. The first kappa shape index (κ1) is 17.3. The first-order chi connectivity index (χ1) is 13.7. The van der Waals surface area contributed by atoms with Crippen LogP contribution in [0.4, 0.5) is 0 Å². The van der Waals surface area contributed by atoms with Gasteiger partial charge in [0.1, 0.15) is 13.1 Å².